The molecule has 0 unspecified atom stereocenters. The van der Waals surface area contributed by atoms with Gasteiger partial charge in [0.2, 0.25) is 0 Å². The standard InChI is InChI=1S/C27H18FN3O2S/c1-15-7-12-24(33-15)23-13-20(19-5-3-4-6-22(19)30-23)26(32)31-27-21(14-29)25(16(2)34-27)17-8-10-18(28)11-9-17/h3-13H,1-2H3,(H,31,32). The van der Waals surface area contributed by atoms with Gasteiger partial charge in [-0.1, -0.05) is 30.3 Å². The van der Waals surface area contributed by atoms with Crippen molar-refractivity contribution in [1.29, 1.82) is 5.26 Å². The molecule has 5 nitrogen and oxygen atoms in total. The number of halogens is 1. The Bertz CT molecular complexity index is 1590. The molecule has 1 amide bonds. The zero-order valence-corrected chi connectivity index (χ0v) is 19.2. The van der Waals surface area contributed by atoms with Gasteiger partial charge in [0.15, 0.2) is 5.76 Å². The Labute approximate surface area is 199 Å². The second-order valence-electron chi connectivity index (χ2n) is 7.79. The second kappa shape index (κ2) is 8.58. The number of pyridine rings is 1. The molecule has 3 aromatic heterocycles. The molecule has 34 heavy (non-hydrogen) atoms. The monoisotopic (exact) mass is 467 g/mol. The van der Waals surface area contributed by atoms with Gasteiger partial charge in [0.1, 0.15) is 28.3 Å². The highest BCUT2D eigenvalue weighted by atomic mass is 32.1. The van der Waals surface area contributed by atoms with E-state index in [0.29, 0.717) is 44.0 Å². The molecular weight excluding hydrogens is 449 g/mol. The van der Waals surface area contributed by atoms with Gasteiger partial charge < -0.3 is 9.73 Å². The summed E-state index contributed by atoms with van der Waals surface area (Å²) < 4.78 is 19.1. The number of furan rings is 1. The molecule has 0 bridgehead atoms. The fraction of sp³-hybridized carbons (Fsp3) is 0.0741. The van der Waals surface area contributed by atoms with Crippen molar-refractivity contribution < 1.29 is 13.6 Å². The van der Waals surface area contributed by atoms with E-state index >= 15 is 0 Å². The van der Waals surface area contributed by atoms with Crippen LogP contribution in [0.2, 0.25) is 0 Å². The number of fused-ring (bicyclic) bond motifs is 1. The summed E-state index contributed by atoms with van der Waals surface area (Å²) in [5.41, 5.74) is 3.39. The number of benzene rings is 2. The highest BCUT2D eigenvalue weighted by Gasteiger charge is 2.21. The van der Waals surface area contributed by atoms with Crippen LogP contribution >= 0.6 is 11.3 Å². The summed E-state index contributed by atoms with van der Waals surface area (Å²) in [6.07, 6.45) is 0. The van der Waals surface area contributed by atoms with Crippen molar-refractivity contribution in [2.45, 2.75) is 13.8 Å². The predicted molar refractivity (Wildman–Crippen MR) is 131 cm³/mol. The van der Waals surface area contributed by atoms with Crippen LogP contribution in [0.1, 0.15) is 26.6 Å². The molecule has 0 saturated heterocycles. The van der Waals surface area contributed by atoms with E-state index in [9.17, 15) is 14.4 Å². The molecule has 5 aromatic rings. The van der Waals surface area contributed by atoms with Gasteiger partial charge in [-0.05, 0) is 55.8 Å². The van der Waals surface area contributed by atoms with Crippen LogP contribution in [0.5, 0.6) is 0 Å². The number of nitrogens with zero attached hydrogens (tertiary/aromatic N) is 2. The van der Waals surface area contributed by atoms with Crippen LogP contribution in [-0.4, -0.2) is 10.9 Å². The van der Waals surface area contributed by atoms with Crippen molar-refractivity contribution in [3.8, 4) is 28.7 Å². The maximum Gasteiger partial charge on any atom is 0.257 e. The third-order valence-corrected chi connectivity index (χ3v) is 6.53. The Balaban J connectivity index is 1.58. The third kappa shape index (κ3) is 3.85. The molecule has 7 heteroatoms. The number of amides is 1. The van der Waals surface area contributed by atoms with Crippen LogP contribution in [-0.2, 0) is 0 Å². The van der Waals surface area contributed by atoms with Gasteiger partial charge in [-0.3, -0.25) is 4.79 Å². The average molecular weight is 468 g/mol. The first-order valence-electron chi connectivity index (χ1n) is 10.5. The highest BCUT2D eigenvalue weighted by Crippen LogP contribution is 2.40. The third-order valence-electron chi connectivity index (χ3n) is 5.51. The van der Waals surface area contributed by atoms with E-state index in [4.69, 9.17) is 4.42 Å². The summed E-state index contributed by atoms with van der Waals surface area (Å²) in [4.78, 5) is 19.0. The van der Waals surface area contributed by atoms with Crippen LogP contribution < -0.4 is 5.32 Å². The van der Waals surface area contributed by atoms with Crippen molar-refractivity contribution in [3.05, 3.63) is 94.3 Å². The van der Waals surface area contributed by atoms with Crippen molar-refractivity contribution in [2.24, 2.45) is 0 Å². The van der Waals surface area contributed by atoms with Gasteiger partial charge in [-0.25, -0.2) is 9.37 Å². The molecule has 0 saturated carbocycles. The van der Waals surface area contributed by atoms with Crippen LogP contribution in [0.25, 0.3) is 33.5 Å². The molecule has 0 aliphatic heterocycles. The van der Waals surface area contributed by atoms with Crippen molar-refractivity contribution >= 4 is 33.1 Å². The SMILES string of the molecule is Cc1ccc(-c2cc(C(=O)Nc3sc(C)c(-c4ccc(F)cc4)c3C#N)c3ccccc3n2)o1. The molecule has 0 atom stereocenters. The maximum atomic E-state index is 13.5. The van der Waals surface area contributed by atoms with Gasteiger partial charge in [0, 0.05) is 15.8 Å². The predicted octanol–water partition coefficient (Wildman–Crippen LogP) is 7.10. The van der Waals surface area contributed by atoms with Crippen LogP contribution in [0.15, 0.2) is 71.1 Å². The molecular formula is C27H18FN3O2S. The first kappa shape index (κ1) is 21.6. The number of thiophene rings is 1. The van der Waals surface area contributed by atoms with E-state index in [1.807, 2.05) is 50.2 Å². The zero-order valence-electron chi connectivity index (χ0n) is 18.3. The number of para-hydroxylation sites is 1. The van der Waals surface area contributed by atoms with E-state index in [0.717, 1.165) is 16.2 Å². The topological polar surface area (TPSA) is 78.9 Å². The number of carbonyl (C=O) groups excluding carboxylic acids is 1. The number of hydrogen-bond acceptors (Lipinski definition) is 5. The van der Waals surface area contributed by atoms with Crippen LogP contribution in [0, 0.1) is 31.0 Å². The van der Waals surface area contributed by atoms with E-state index < -0.39 is 0 Å². The second-order valence-corrected chi connectivity index (χ2v) is 9.02. The number of anilines is 1. The normalized spacial score (nSPS) is 10.9. The van der Waals surface area contributed by atoms with E-state index in [1.54, 1.807) is 18.2 Å². The lowest BCUT2D eigenvalue weighted by Gasteiger charge is -2.09. The average Bonchev–Trinajstić information content (AvgIpc) is 3.41. The molecule has 0 fully saturated rings. The number of carbonyl (C=O) groups is 1. The Morgan fingerprint density at radius 2 is 1.85 bits per heavy atom. The first-order chi connectivity index (χ1) is 16.4. The molecule has 2 aromatic carbocycles. The Morgan fingerprint density at radius 3 is 2.56 bits per heavy atom. The summed E-state index contributed by atoms with van der Waals surface area (Å²) >= 11 is 1.31. The lowest BCUT2D eigenvalue weighted by Crippen LogP contribution is -2.13. The number of nitrogens with one attached hydrogen (secondary N) is 1. The molecule has 166 valence electrons. The lowest BCUT2D eigenvalue weighted by molar-refractivity contribution is 0.102. The van der Waals surface area contributed by atoms with E-state index in [2.05, 4.69) is 16.4 Å². The van der Waals surface area contributed by atoms with Gasteiger partial charge in [0.25, 0.3) is 5.91 Å². The fourth-order valence-corrected chi connectivity index (χ4v) is 4.96. The lowest BCUT2D eigenvalue weighted by atomic mass is 10.0. The first-order valence-corrected chi connectivity index (χ1v) is 11.3. The number of rotatable bonds is 4. The van der Waals surface area contributed by atoms with Gasteiger partial charge in [-0.2, -0.15) is 5.26 Å². The molecule has 0 spiro atoms. The van der Waals surface area contributed by atoms with Crippen molar-refractivity contribution in [3.63, 3.8) is 0 Å². The van der Waals surface area contributed by atoms with Crippen molar-refractivity contribution in [2.75, 3.05) is 5.32 Å². The molecule has 5 rings (SSSR count). The molecule has 3 heterocycles. The number of hydrogen-bond donors (Lipinski definition) is 1. The number of aromatic nitrogens is 1. The Kier molecular flexibility index (Phi) is 5.44. The molecule has 0 radical (unpaired) electrons. The molecule has 0 aliphatic rings. The quantitative estimate of drug-likeness (QED) is 0.306. The summed E-state index contributed by atoms with van der Waals surface area (Å²) in [6, 6.07) is 20.9. The highest BCUT2D eigenvalue weighted by molar-refractivity contribution is 7.17. The summed E-state index contributed by atoms with van der Waals surface area (Å²) in [7, 11) is 0. The maximum absolute atomic E-state index is 13.5. The number of aryl methyl sites for hydroxylation is 2. The van der Waals surface area contributed by atoms with Crippen LogP contribution in [0.3, 0.4) is 0 Å². The van der Waals surface area contributed by atoms with E-state index in [-0.39, 0.29) is 11.7 Å². The van der Waals surface area contributed by atoms with Gasteiger partial charge in [0.05, 0.1) is 16.6 Å². The zero-order chi connectivity index (χ0) is 23.8. The summed E-state index contributed by atoms with van der Waals surface area (Å²) in [5.74, 6) is 0.611. The van der Waals surface area contributed by atoms with Gasteiger partial charge >= 0.3 is 0 Å². The minimum absolute atomic E-state index is 0.350. The van der Waals surface area contributed by atoms with Crippen molar-refractivity contribution in [1.82, 2.24) is 4.98 Å². The minimum atomic E-state index is -0.355. The van der Waals surface area contributed by atoms with E-state index in [1.165, 1.54) is 23.5 Å². The number of nitriles is 1. The fourth-order valence-electron chi connectivity index (χ4n) is 3.94. The Hall–Kier alpha value is -4.28. The summed E-state index contributed by atoms with van der Waals surface area (Å²) in [6.45, 7) is 3.72. The Morgan fingerprint density at radius 1 is 1.09 bits per heavy atom. The summed E-state index contributed by atoms with van der Waals surface area (Å²) in [5, 5.41) is 13.9. The molecule has 1 N–H and O–H groups in total. The van der Waals surface area contributed by atoms with Crippen LogP contribution in [0.4, 0.5) is 9.39 Å². The molecule has 0 aliphatic carbocycles. The van der Waals surface area contributed by atoms with Gasteiger partial charge in [-0.15, -0.1) is 11.3 Å². The largest absolute Gasteiger partial charge is 0.460 e. The smallest absolute Gasteiger partial charge is 0.257 e. The minimum Gasteiger partial charge on any atom is -0.460 e.